The molecule has 0 bridgehead atoms. The molecule has 1 aliphatic rings. The number of ether oxygens (including phenoxy) is 1. The van der Waals surface area contributed by atoms with Crippen LogP contribution < -0.4 is 0 Å². The lowest BCUT2D eigenvalue weighted by Crippen LogP contribution is -2.06. The van der Waals surface area contributed by atoms with E-state index in [1.54, 1.807) is 0 Å². The third-order valence-corrected chi connectivity index (χ3v) is 4.55. The maximum atomic E-state index is 5.48. The summed E-state index contributed by atoms with van der Waals surface area (Å²) in [5.74, 6) is 1.94. The maximum Gasteiger partial charge on any atom is 0.232 e. The molecule has 24 heavy (non-hydrogen) atoms. The Labute approximate surface area is 141 Å². The fraction of sp³-hybridized carbons (Fsp3) is 0.300. The van der Waals surface area contributed by atoms with Gasteiger partial charge in [-0.15, -0.1) is 0 Å². The molecule has 0 aliphatic carbocycles. The van der Waals surface area contributed by atoms with Gasteiger partial charge in [0.15, 0.2) is 5.82 Å². The minimum absolute atomic E-state index is 0.220. The number of aromatic nitrogens is 2. The fourth-order valence-corrected chi connectivity index (χ4v) is 3.23. The van der Waals surface area contributed by atoms with Crippen LogP contribution in [0.4, 0.5) is 0 Å². The van der Waals surface area contributed by atoms with E-state index in [0.29, 0.717) is 12.5 Å². The Morgan fingerprint density at radius 3 is 2.21 bits per heavy atom. The lowest BCUT2D eigenvalue weighted by Gasteiger charge is -2.16. The van der Waals surface area contributed by atoms with Crippen molar-refractivity contribution in [3.63, 3.8) is 0 Å². The average molecular weight is 320 g/mol. The molecule has 0 N–H and O–H groups in total. The summed E-state index contributed by atoms with van der Waals surface area (Å²) in [5.41, 5.74) is 2.53. The molecule has 1 atom stereocenters. The van der Waals surface area contributed by atoms with Crippen molar-refractivity contribution in [2.45, 2.75) is 24.7 Å². The molecule has 122 valence electrons. The quantitative estimate of drug-likeness (QED) is 0.714. The predicted octanol–water partition coefficient (Wildman–Crippen LogP) is 3.95. The molecular weight excluding hydrogens is 300 g/mol. The Balaban J connectivity index is 1.60. The second kappa shape index (κ2) is 6.97. The zero-order chi connectivity index (χ0) is 16.2. The maximum absolute atomic E-state index is 5.48. The Hall–Kier alpha value is -2.46. The number of hydrogen-bond donors (Lipinski definition) is 0. The summed E-state index contributed by atoms with van der Waals surface area (Å²) < 4.78 is 10.9. The second-order valence-corrected chi connectivity index (χ2v) is 6.19. The highest BCUT2D eigenvalue weighted by Gasteiger charge is 2.25. The Morgan fingerprint density at radius 2 is 1.62 bits per heavy atom. The minimum Gasteiger partial charge on any atom is -0.381 e. The number of hydrogen-bond acceptors (Lipinski definition) is 4. The van der Waals surface area contributed by atoms with Crippen molar-refractivity contribution in [1.29, 1.82) is 0 Å². The predicted molar refractivity (Wildman–Crippen MR) is 90.9 cm³/mol. The molecule has 2 heterocycles. The van der Waals surface area contributed by atoms with Crippen LogP contribution in [-0.4, -0.2) is 23.4 Å². The molecule has 2 aromatic carbocycles. The van der Waals surface area contributed by atoms with E-state index in [1.807, 2.05) is 12.1 Å². The van der Waals surface area contributed by atoms with Crippen molar-refractivity contribution >= 4 is 0 Å². The molecule has 0 amide bonds. The molecule has 3 aromatic rings. The van der Waals surface area contributed by atoms with Gasteiger partial charge in [-0.05, 0) is 17.5 Å². The topological polar surface area (TPSA) is 48.2 Å². The van der Waals surface area contributed by atoms with E-state index in [2.05, 4.69) is 58.7 Å². The molecule has 1 aromatic heterocycles. The van der Waals surface area contributed by atoms with Gasteiger partial charge >= 0.3 is 0 Å². The van der Waals surface area contributed by atoms with Crippen molar-refractivity contribution in [2.24, 2.45) is 0 Å². The molecule has 1 aliphatic heterocycles. The van der Waals surface area contributed by atoms with Gasteiger partial charge < -0.3 is 9.26 Å². The number of rotatable bonds is 5. The van der Waals surface area contributed by atoms with Gasteiger partial charge in [0, 0.05) is 18.9 Å². The monoisotopic (exact) mass is 320 g/mol. The SMILES string of the molecule is c1ccc(C(Cc2noc(C3CCOC3)n2)c2ccccc2)cc1. The minimum atomic E-state index is 0.220. The van der Waals surface area contributed by atoms with Crippen molar-refractivity contribution in [1.82, 2.24) is 10.1 Å². The molecule has 4 nitrogen and oxygen atoms in total. The van der Waals surface area contributed by atoms with Crippen LogP contribution in [0.1, 0.15) is 41.1 Å². The Bertz CT molecular complexity index is 725. The molecule has 1 saturated heterocycles. The van der Waals surface area contributed by atoms with E-state index in [1.165, 1.54) is 11.1 Å². The van der Waals surface area contributed by atoms with E-state index in [9.17, 15) is 0 Å². The van der Waals surface area contributed by atoms with Crippen molar-refractivity contribution in [3.8, 4) is 0 Å². The molecule has 0 radical (unpaired) electrons. The highest BCUT2D eigenvalue weighted by Crippen LogP contribution is 2.29. The molecule has 0 saturated carbocycles. The Kier molecular flexibility index (Phi) is 4.38. The van der Waals surface area contributed by atoms with E-state index in [4.69, 9.17) is 9.26 Å². The van der Waals surface area contributed by atoms with Gasteiger partial charge in [0.05, 0.1) is 12.5 Å². The van der Waals surface area contributed by atoms with Gasteiger partial charge in [-0.1, -0.05) is 65.8 Å². The average Bonchev–Trinajstić information content (AvgIpc) is 3.33. The smallest absolute Gasteiger partial charge is 0.232 e. The third-order valence-electron chi connectivity index (χ3n) is 4.55. The van der Waals surface area contributed by atoms with Gasteiger partial charge in [0.25, 0.3) is 0 Å². The zero-order valence-electron chi connectivity index (χ0n) is 13.5. The molecule has 1 fully saturated rings. The summed E-state index contributed by atoms with van der Waals surface area (Å²) in [7, 11) is 0. The zero-order valence-corrected chi connectivity index (χ0v) is 13.5. The first-order valence-corrected chi connectivity index (χ1v) is 8.40. The van der Waals surface area contributed by atoms with Crippen LogP contribution >= 0.6 is 0 Å². The first-order valence-electron chi connectivity index (χ1n) is 8.40. The highest BCUT2D eigenvalue weighted by molar-refractivity contribution is 5.33. The molecule has 1 unspecified atom stereocenters. The van der Waals surface area contributed by atoms with Crippen molar-refractivity contribution in [2.75, 3.05) is 13.2 Å². The number of benzene rings is 2. The van der Waals surface area contributed by atoms with Gasteiger partial charge in [-0.3, -0.25) is 0 Å². The summed E-state index contributed by atoms with van der Waals surface area (Å²) in [6.45, 7) is 1.46. The molecule has 4 heteroatoms. The molecular formula is C20H20N2O2. The summed E-state index contributed by atoms with van der Waals surface area (Å²) in [4.78, 5) is 4.63. The van der Waals surface area contributed by atoms with E-state index >= 15 is 0 Å². The standard InChI is InChI=1S/C20H20N2O2/c1-3-7-15(8-4-1)18(16-9-5-2-6-10-16)13-19-21-20(24-22-19)17-11-12-23-14-17/h1-10,17-18H,11-14H2. The van der Waals surface area contributed by atoms with E-state index in [0.717, 1.165) is 25.3 Å². The Morgan fingerprint density at radius 1 is 0.958 bits per heavy atom. The van der Waals surface area contributed by atoms with Crippen LogP contribution in [0.25, 0.3) is 0 Å². The highest BCUT2D eigenvalue weighted by atomic mass is 16.5. The van der Waals surface area contributed by atoms with Gasteiger partial charge in [-0.2, -0.15) is 4.98 Å². The van der Waals surface area contributed by atoms with Gasteiger partial charge in [0.1, 0.15) is 0 Å². The normalized spacial score (nSPS) is 17.5. The van der Waals surface area contributed by atoms with Crippen LogP contribution in [0.3, 0.4) is 0 Å². The first kappa shape index (κ1) is 15.1. The van der Waals surface area contributed by atoms with Gasteiger partial charge in [0.2, 0.25) is 5.89 Å². The fourth-order valence-electron chi connectivity index (χ4n) is 3.23. The van der Waals surface area contributed by atoms with E-state index in [-0.39, 0.29) is 11.8 Å². The van der Waals surface area contributed by atoms with E-state index < -0.39 is 0 Å². The van der Waals surface area contributed by atoms with Crippen LogP contribution in [-0.2, 0) is 11.2 Å². The molecule has 0 spiro atoms. The molecule has 4 rings (SSSR count). The third kappa shape index (κ3) is 3.24. The van der Waals surface area contributed by atoms with Gasteiger partial charge in [-0.25, -0.2) is 0 Å². The van der Waals surface area contributed by atoms with Crippen molar-refractivity contribution in [3.05, 3.63) is 83.5 Å². The lowest BCUT2D eigenvalue weighted by atomic mass is 9.88. The summed E-state index contributed by atoms with van der Waals surface area (Å²) >= 11 is 0. The second-order valence-electron chi connectivity index (χ2n) is 6.19. The largest absolute Gasteiger partial charge is 0.381 e. The van der Waals surface area contributed by atoms with Crippen LogP contribution in [0, 0.1) is 0 Å². The lowest BCUT2D eigenvalue weighted by molar-refractivity contribution is 0.189. The van der Waals surface area contributed by atoms with Crippen LogP contribution in [0.2, 0.25) is 0 Å². The summed E-state index contributed by atoms with van der Waals surface area (Å²) in [5, 5.41) is 4.21. The number of nitrogens with zero attached hydrogens (tertiary/aromatic N) is 2. The first-order chi connectivity index (χ1) is 11.9. The summed E-state index contributed by atoms with van der Waals surface area (Å²) in [6, 6.07) is 21.0. The summed E-state index contributed by atoms with van der Waals surface area (Å²) in [6.07, 6.45) is 1.69. The van der Waals surface area contributed by atoms with Crippen molar-refractivity contribution < 1.29 is 9.26 Å². The van der Waals surface area contributed by atoms with Crippen LogP contribution in [0.5, 0.6) is 0 Å². The van der Waals surface area contributed by atoms with Crippen LogP contribution in [0.15, 0.2) is 65.2 Å².